The zero-order valence-electron chi connectivity index (χ0n) is 12.9. The first-order valence-electron chi connectivity index (χ1n) is 7.64. The van der Waals surface area contributed by atoms with E-state index in [-0.39, 0.29) is 11.8 Å². The second kappa shape index (κ2) is 6.79. The second-order valence-electron chi connectivity index (χ2n) is 5.57. The summed E-state index contributed by atoms with van der Waals surface area (Å²) in [5, 5.41) is 16.7. The molecule has 0 amide bonds. The number of benzene rings is 2. The summed E-state index contributed by atoms with van der Waals surface area (Å²) in [7, 11) is 0. The highest BCUT2D eigenvalue weighted by Crippen LogP contribution is 2.20. The Morgan fingerprint density at radius 1 is 1.09 bits per heavy atom. The molecule has 2 aromatic carbocycles. The van der Waals surface area contributed by atoms with Crippen LogP contribution >= 0.6 is 12.2 Å². The van der Waals surface area contributed by atoms with Gasteiger partial charge in [-0.1, -0.05) is 42.5 Å². The van der Waals surface area contributed by atoms with Gasteiger partial charge < -0.3 is 5.11 Å². The van der Waals surface area contributed by atoms with Crippen molar-refractivity contribution in [2.45, 2.75) is 25.8 Å². The number of aromatic amines is 1. The third-order valence-electron chi connectivity index (χ3n) is 4.02. The molecule has 5 heteroatoms. The number of H-pyrrole nitrogens is 1. The highest BCUT2D eigenvalue weighted by molar-refractivity contribution is 7.71. The van der Waals surface area contributed by atoms with Gasteiger partial charge in [0.2, 0.25) is 0 Å². The van der Waals surface area contributed by atoms with E-state index in [4.69, 9.17) is 12.2 Å². The number of phenolic OH excluding ortho intramolecular Hbond substituents is 1. The van der Waals surface area contributed by atoms with Gasteiger partial charge in [-0.15, -0.1) is 0 Å². The first-order chi connectivity index (χ1) is 11.1. The Morgan fingerprint density at radius 3 is 2.48 bits per heavy atom. The SMILES string of the molecule is C[C@H](c1ccccc1)n1c(CCc2ccc(O)cc2)n[nH]c1=S. The molecule has 118 valence electrons. The smallest absolute Gasteiger partial charge is 0.195 e. The zero-order chi connectivity index (χ0) is 16.2. The van der Waals surface area contributed by atoms with Gasteiger partial charge in [0, 0.05) is 6.42 Å². The van der Waals surface area contributed by atoms with Crippen LogP contribution in [-0.2, 0) is 12.8 Å². The zero-order valence-corrected chi connectivity index (χ0v) is 13.8. The fraction of sp³-hybridized carbons (Fsp3) is 0.222. The van der Waals surface area contributed by atoms with Gasteiger partial charge in [0.15, 0.2) is 4.77 Å². The molecule has 0 aliphatic heterocycles. The molecule has 2 N–H and O–H groups in total. The highest BCUT2D eigenvalue weighted by Gasteiger charge is 2.14. The van der Waals surface area contributed by atoms with E-state index >= 15 is 0 Å². The molecular weight excluding hydrogens is 306 g/mol. The first kappa shape index (κ1) is 15.5. The molecule has 3 aromatic rings. The summed E-state index contributed by atoms with van der Waals surface area (Å²) in [4.78, 5) is 0. The van der Waals surface area contributed by atoms with Crippen molar-refractivity contribution in [3.05, 3.63) is 76.3 Å². The van der Waals surface area contributed by atoms with Crippen molar-refractivity contribution in [1.29, 1.82) is 0 Å². The minimum Gasteiger partial charge on any atom is -0.508 e. The van der Waals surface area contributed by atoms with E-state index in [0.717, 1.165) is 24.2 Å². The number of aromatic nitrogens is 3. The topological polar surface area (TPSA) is 53.8 Å². The molecule has 23 heavy (non-hydrogen) atoms. The van der Waals surface area contributed by atoms with Crippen molar-refractivity contribution < 1.29 is 5.11 Å². The van der Waals surface area contributed by atoms with E-state index in [9.17, 15) is 5.11 Å². The van der Waals surface area contributed by atoms with Crippen molar-refractivity contribution in [2.75, 3.05) is 0 Å². The fourth-order valence-electron chi connectivity index (χ4n) is 2.71. The number of nitrogens with one attached hydrogen (secondary N) is 1. The summed E-state index contributed by atoms with van der Waals surface area (Å²) in [6, 6.07) is 17.7. The Bertz CT molecular complexity index is 821. The summed E-state index contributed by atoms with van der Waals surface area (Å²) in [5.41, 5.74) is 2.37. The summed E-state index contributed by atoms with van der Waals surface area (Å²) >= 11 is 5.41. The fourth-order valence-corrected chi connectivity index (χ4v) is 3.02. The maximum absolute atomic E-state index is 9.35. The first-order valence-corrected chi connectivity index (χ1v) is 8.04. The van der Waals surface area contributed by atoms with Gasteiger partial charge in [0.05, 0.1) is 6.04 Å². The predicted octanol–water partition coefficient (Wildman–Crippen LogP) is 4.04. The van der Waals surface area contributed by atoms with Gasteiger partial charge in [-0.25, -0.2) is 0 Å². The Hall–Kier alpha value is -2.40. The van der Waals surface area contributed by atoms with Crippen LogP contribution in [-0.4, -0.2) is 19.9 Å². The normalized spacial score (nSPS) is 12.2. The van der Waals surface area contributed by atoms with Crippen molar-refractivity contribution in [2.24, 2.45) is 0 Å². The maximum atomic E-state index is 9.35. The van der Waals surface area contributed by atoms with Crippen molar-refractivity contribution in [3.8, 4) is 5.75 Å². The Balaban J connectivity index is 1.81. The monoisotopic (exact) mass is 325 g/mol. The van der Waals surface area contributed by atoms with Crippen molar-refractivity contribution in [1.82, 2.24) is 14.8 Å². The third-order valence-corrected chi connectivity index (χ3v) is 4.31. The summed E-state index contributed by atoms with van der Waals surface area (Å²) < 4.78 is 2.72. The highest BCUT2D eigenvalue weighted by atomic mass is 32.1. The van der Waals surface area contributed by atoms with Crippen LogP contribution in [0.15, 0.2) is 54.6 Å². The number of hydrogen-bond donors (Lipinski definition) is 2. The third kappa shape index (κ3) is 3.51. The maximum Gasteiger partial charge on any atom is 0.195 e. The van der Waals surface area contributed by atoms with Crippen LogP contribution in [0.3, 0.4) is 0 Å². The number of hydrogen-bond acceptors (Lipinski definition) is 3. The summed E-state index contributed by atoms with van der Waals surface area (Å²) in [6.07, 6.45) is 1.64. The van der Waals surface area contributed by atoms with E-state index in [2.05, 4.69) is 33.8 Å². The summed E-state index contributed by atoms with van der Waals surface area (Å²) in [6.45, 7) is 2.13. The van der Waals surface area contributed by atoms with Crippen molar-refractivity contribution >= 4 is 12.2 Å². The van der Waals surface area contributed by atoms with Gasteiger partial charge in [0.25, 0.3) is 0 Å². The lowest BCUT2D eigenvalue weighted by Gasteiger charge is -2.16. The van der Waals surface area contributed by atoms with Crippen molar-refractivity contribution in [3.63, 3.8) is 0 Å². The molecule has 4 nitrogen and oxygen atoms in total. The lowest BCUT2D eigenvalue weighted by atomic mass is 10.1. The number of aryl methyl sites for hydroxylation is 2. The van der Waals surface area contributed by atoms with E-state index in [0.29, 0.717) is 4.77 Å². The van der Waals surface area contributed by atoms with E-state index in [1.807, 2.05) is 30.3 Å². The van der Waals surface area contributed by atoms with Crippen LogP contribution in [0.25, 0.3) is 0 Å². The molecule has 0 aliphatic carbocycles. The van der Waals surface area contributed by atoms with Crippen LogP contribution in [0.2, 0.25) is 0 Å². The van der Waals surface area contributed by atoms with Crippen LogP contribution < -0.4 is 0 Å². The number of aromatic hydroxyl groups is 1. The molecule has 0 radical (unpaired) electrons. The van der Waals surface area contributed by atoms with E-state index in [1.165, 1.54) is 5.56 Å². The van der Waals surface area contributed by atoms with E-state index < -0.39 is 0 Å². The molecule has 0 saturated carbocycles. The Kier molecular flexibility index (Phi) is 4.57. The summed E-state index contributed by atoms with van der Waals surface area (Å²) in [5.74, 6) is 1.23. The quantitative estimate of drug-likeness (QED) is 0.696. The molecule has 1 heterocycles. The van der Waals surface area contributed by atoms with Crippen LogP contribution in [0, 0.1) is 4.77 Å². The van der Waals surface area contributed by atoms with Crippen LogP contribution in [0.1, 0.15) is 29.9 Å². The van der Waals surface area contributed by atoms with Gasteiger partial charge >= 0.3 is 0 Å². The number of rotatable bonds is 5. The average Bonchev–Trinajstić information content (AvgIpc) is 2.95. The molecule has 0 bridgehead atoms. The lowest BCUT2D eigenvalue weighted by Crippen LogP contribution is -2.11. The molecule has 0 aliphatic rings. The van der Waals surface area contributed by atoms with Gasteiger partial charge in [0.1, 0.15) is 11.6 Å². The number of phenols is 1. The standard InChI is InChI=1S/C18H19N3OS/c1-13(15-5-3-2-4-6-15)21-17(19-20-18(21)23)12-9-14-7-10-16(22)11-8-14/h2-8,10-11,13,22H,9,12H2,1H3,(H,20,23)/t13-/m1/s1. The Labute approximate surface area is 140 Å². The molecule has 3 rings (SSSR count). The number of nitrogens with zero attached hydrogens (tertiary/aromatic N) is 2. The van der Waals surface area contributed by atoms with Crippen LogP contribution in [0.4, 0.5) is 0 Å². The Morgan fingerprint density at radius 2 is 1.78 bits per heavy atom. The van der Waals surface area contributed by atoms with Gasteiger partial charge in [-0.05, 0) is 48.8 Å². The average molecular weight is 325 g/mol. The predicted molar refractivity (Wildman–Crippen MR) is 93.2 cm³/mol. The molecule has 1 atom stereocenters. The minimum absolute atomic E-state index is 0.136. The molecular formula is C18H19N3OS. The van der Waals surface area contributed by atoms with Crippen LogP contribution in [0.5, 0.6) is 5.75 Å². The lowest BCUT2D eigenvalue weighted by molar-refractivity contribution is 0.475. The molecule has 0 unspecified atom stereocenters. The van der Waals surface area contributed by atoms with Gasteiger partial charge in [-0.3, -0.25) is 9.67 Å². The molecule has 1 aromatic heterocycles. The minimum atomic E-state index is 0.136. The largest absolute Gasteiger partial charge is 0.508 e. The molecule has 0 spiro atoms. The van der Waals surface area contributed by atoms with E-state index in [1.54, 1.807) is 12.1 Å². The molecule has 0 saturated heterocycles. The van der Waals surface area contributed by atoms with Gasteiger partial charge in [-0.2, -0.15) is 5.10 Å². The second-order valence-corrected chi connectivity index (χ2v) is 5.95. The molecule has 0 fully saturated rings.